The molecule has 1 spiro atoms. The number of nitrogens with zero attached hydrogens (tertiary/aromatic N) is 2. The maximum atomic E-state index is 14.0. The highest BCUT2D eigenvalue weighted by Gasteiger charge is 2.55. The van der Waals surface area contributed by atoms with Crippen LogP contribution in [0.5, 0.6) is 0 Å². The Kier molecular flexibility index (Phi) is 7.44. The number of alkyl halides is 1. The summed E-state index contributed by atoms with van der Waals surface area (Å²) in [4.78, 5) is 7.25. The fourth-order valence-electron chi connectivity index (χ4n) is 4.78. The maximum absolute atomic E-state index is 14.0. The van der Waals surface area contributed by atoms with Gasteiger partial charge in [-0.1, -0.05) is 31.2 Å². The molecular weight excluding hydrogens is 397 g/mol. The van der Waals surface area contributed by atoms with Crippen LogP contribution in [0, 0.1) is 18.3 Å². The summed E-state index contributed by atoms with van der Waals surface area (Å²) in [7, 11) is 0. The lowest BCUT2D eigenvalue weighted by atomic mass is 9.62. The van der Waals surface area contributed by atoms with Crippen LogP contribution >= 0.6 is 0 Å². The highest BCUT2D eigenvalue weighted by atomic mass is 19.1. The standard InChI is InChI=1S/C28H40FN3/c1-8-9-23(18(2)3)12-19(4)21(6)31-26-14-24(13-25(15-30)20(26)5)22(7)32-16-28(17-32)11-10-27(28)29/h8-9,13-14,19,27H,7,10-12,15-17,30H2,1-6H3/b9-8-,31-21+. The molecule has 2 fully saturated rings. The summed E-state index contributed by atoms with van der Waals surface area (Å²) in [6, 6.07) is 4.25. The van der Waals surface area contributed by atoms with Crippen molar-refractivity contribution in [2.75, 3.05) is 13.1 Å². The summed E-state index contributed by atoms with van der Waals surface area (Å²) in [5.41, 5.74) is 14.9. The summed E-state index contributed by atoms with van der Waals surface area (Å²) in [5, 5.41) is 0. The van der Waals surface area contributed by atoms with E-state index in [4.69, 9.17) is 10.7 Å². The quantitative estimate of drug-likeness (QED) is 0.355. The third kappa shape index (κ3) is 4.76. The number of halogens is 1. The molecule has 0 bridgehead atoms. The molecule has 1 aliphatic heterocycles. The molecule has 32 heavy (non-hydrogen) atoms. The Labute approximate surface area is 194 Å². The smallest absolute Gasteiger partial charge is 0.109 e. The van der Waals surface area contributed by atoms with E-state index in [1.807, 2.05) is 0 Å². The van der Waals surface area contributed by atoms with Gasteiger partial charge in [-0.25, -0.2) is 4.39 Å². The van der Waals surface area contributed by atoms with E-state index in [-0.39, 0.29) is 5.41 Å². The van der Waals surface area contributed by atoms with Gasteiger partial charge in [0.05, 0.1) is 5.69 Å². The highest BCUT2D eigenvalue weighted by Crippen LogP contribution is 2.52. The number of rotatable bonds is 8. The van der Waals surface area contributed by atoms with Crippen LogP contribution in [0.1, 0.15) is 70.6 Å². The summed E-state index contributed by atoms with van der Waals surface area (Å²) in [6.45, 7) is 19.2. The first-order valence-electron chi connectivity index (χ1n) is 11.9. The molecule has 1 saturated heterocycles. The van der Waals surface area contributed by atoms with Gasteiger partial charge >= 0.3 is 0 Å². The van der Waals surface area contributed by atoms with E-state index in [0.717, 1.165) is 59.7 Å². The molecular formula is C28H40FN3. The number of allylic oxidation sites excluding steroid dienone is 4. The lowest BCUT2D eigenvalue weighted by molar-refractivity contribution is -0.0996. The van der Waals surface area contributed by atoms with E-state index in [2.05, 4.69) is 77.3 Å². The van der Waals surface area contributed by atoms with Gasteiger partial charge in [0.2, 0.25) is 0 Å². The second-order valence-electron chi connectivity index (χ2n) is 10.0. The van der Waals surface area contributed by atoms with E-state index in [0.29, 0.717) is 18.9 Å². The Bertz CT molecular complexity index is 959. The van der Waals surface area contributed by atoms with Gasteiger partial charge in [-0.05, 0) is 94.2 Å². The number of likely N-dealkylation sites (tertiary alicyclic amines) is 1. The molecule has 2 aliphatic rings. The van der Waals surface area contributed by atoms with E-state index in [1.165, 1.54) is 11.1 Å². The minimum atomic E-state index is -0.651. The Morgan fingerprint density at radius 3 is 2.53 bits per heavy atom. The summed E-state index contributed by atoms with van der Waals surface area (Å²) >= 11 is 0. The largest absolute Gasteiger partial charge is 0.370 e. The van der Waals surface area contributed by atoms with Crippen molar-refractivity contribution in [3.63, 3.8) is 0 Å². The second kappa shape index (κ2) is 9.74. The molecule has 0 aromatic heterocycles. The average molecular weight is 438 g/mol. The Hall–Kier alpha value is -2.20. The van der Waals surface area contributed by atoms with E-state index < -0.39 is 6.17 Å². The molecule has 1 saturated carbocycles. The van der Waals surface area contributed by atoms with Crippen molar-refractivity contribution in [2.45, 2.75) is 73.5 Å². The normalized spacial score (nSPS) is 20.8. The van der Waals surface area contributed by atoms with Crippen molar-refractivity contribution in [1.82, 2.24) is 4.90 Å². The van der Waals surface area contributed by atoms with Gasteiger partial charge in [-0.15, -0.1) is 0 Å². The number of benzene rings is 1. The summed E-state index contributed by atoms with van der Waals surface area (Å²) < 4.78 is 14.0. The van der Waals surface area contributed by atoms with Crippen molar-refractivity contribution in [3.8, 4) is 0 Å². The predicted octanol–water partition coefficient (Wildman–Crippen LogP) is 6.89. The van der Waals surface area contributed by atoms with Crippen molar-refractivity contribution in [1.29, 1.82) is 0 Å². The van der Waals surface area contributed by atoms with Crippen molar-refractivity contribution in [3.05, 3.63) is 58.7 Å². The van der Waals surface area contributed by atoms with Crippen LogP contribution in [0.25, 0.3) is 5.70 Å². The van der Waals surface area contributed by atoms with Gasteiger partial charge in [-0.2, -0.15) is 0 Å². The molecule has 1 aliphatic carbocycles. The van der Waals surface area contributed by atoms with Crippen LogP contribution in [-0.4, -0.2) is 29.9 Å². The van der Waals surface area contributed by atoms with Crippen LogP contribution in [0.3, 0.4) is 0 Å². The fraction of sp³-hybridized carbons (Fsp3) is 0.536. The minimum absolute atomic E-state index is 0.118. The number of hydrogen-bond donors (Lipinski definition) is 1. The molecule has 3 rings (SSSR count). The zero-order valence-corrected chi connectivity index (χ0v) is 20.8. The number of hydrogen-bond acceptors (Lipinski definition) is 3. The minimum Gasteiger partial charge on any atom is -0.370 e. The fourth-order valence-corrected chi connectivity index (χ4v) is 4.78. The van der Waals surface area contributed by atoms with Gasteiger partial charge in [-0.3, -0.25) is 4.99 Å². The van der Waals surface area contributed by atoms with Crippen LogP contribution < -0.4 is 5.73 Å². The third-order valence-corrected chi connectivity index (χ3v) is 7.54. The topological polar surface area (TPSA) is 41.6 Å². The van der Waals surface area contributed by atoms with Crippen LogP contribution in [0.2, 0.25) is 0 Å². The third-order valence-electron chi connectivity index (χ3n) is 7.54. The van der Waals surface area contributed by atoms with Crippen molar-refractivity contribution in [2.24, 2.45) is 22.1 Å². The molecule has 4 heteroatoms. The lowest BCUT2D eigenvalue weighted by Crippen LogP contribution is -2.64. The van der Waals surface area contributed by atoms with Gasteiger partial charge in [0.1, 0.15) is 6.17 Å². The monoisotopic (exact) mass is 437 g/mol. The highest BCUT2D eigenvalue weighted by molar-refractivity contribution is 5.87. The van der Waals surface area contributed by atoms with Gasteiger partial charge in [0, 0.05) is 36.5 Å². The molecule has 2 N–H and O–H groups in total. The van der Waals surface area contributed by atoms with Crippen LogP contribution in [-0.2, 0) is 6.54 Å². The second-order valence-corrected chi connectivity index (χ2v) is 10.0. The zero-order valence-electron chi connectivity index (χ0n) is 20.8. The first-order valence-corrected chi connectivity index (χ1v) is 11.9. The molecule has 2 unspecified atom stereocenters. The summed E-state index contributed by atoms with van der Waals surface area (Å²) in [6.07, 6.45) is 6.32. The number of nitrogens with two attached hydrogens (primary N) is 1. The molecule has 3 nitrogen and oxygen atoms in total. The van der Waals surface area contributed by atoms with Crippen LogP contribution in [0.15, 0.2) is 47.0 Å². The Morgan fingerprint density at radius 2 is 2.03 bits per heavy atom. The molecule has 1 aromatic rings. The Morgan fingerprint density at radius 1 is 1.34 bits per heavy atom. The molecule has 0 radical (unpaired) electrons. The van der Waals surface area contributed by atoms with Crippen molar-refractivity contribution >= 4 is 17.1 Å². The van der Waals surface area contributed by atoms with E-state index in [1.54, 1.807) is 0 Å². The predicted molar refractivity (Wildman–Crippen MR) is 136 cm³/mol. The van der Waals surface area contributed by atoms with Gasteiger partial charge in [0.15, 0.2) is 0 Å². The first kappa shape index (κ1) is 24.4. The molecule has 174 valence electrons. The zero-order chi connectivity index (χ0) is 23.6. The first-order chi connectivity index (χ1) is 15.1. The molecule has 1 heterocycles. The maximum Gasteiger partial charge on any atom is 0.109 e. The van der Waals surface area contributed by atoms with E-state index >= 15 is 0 Å². The lowest BCUT2D eigenvalue weighted by Gasteiger charge is -2.59. The van der Waals surface area contributed by atoms with Gasteiger partial charge < -0.3 is 10.6 Å². The molecule has 1 aromatic carbocycles. The van der Waals surface area contributed by atoms with Gasteiger partial charge in [0.25, 0.3) is 0 Å². The number of aliphatic imine (C=N–C) groups is 1. The van der Waals surface area contributed by atoms with Crippen molar-refractivity contribution < 1.29 is 4.39 Å². The van der Waals surface area contributed by atoms with Crippen LogP contribution in [0.4, 0.5) is 10.1 Å². The molecule has 0 amide bonds. The average Bonchev–Trinajstić information content (AvgIpc) is 2.72. The van der Waals surface area contributed by atoms with E-state index in [9.17, 15) is 4.39 Å². The molecule has 2 atom stereocenters. The Balaban J connectivity index is 1.83. The SMILES string of the molecule is C=C(c1cc(CN)c(C)c(/N=C(\C)C(C)CC(/C=C\C)=C(C)C)c1)N1CC2(CCC2F)C1. The summed E-state index contributed by atoms with van der Waals surface area (Å²) in [5.74, 6) is 0.332.